The van der Waals surface area contributed by atoms with Crippen molar-refractivity contribution < 1.29 is 0 Å². The molecule has 10 heteroatoms. The molecule has 0 amide bonds. The molecule has 0 bridgehead atoms. The zero-order valence-electron chi connectivity index (χ0n) is 10.2. The smallest absolute Gasteiger partial charge is 0.258 e. The fraction of sp³-hybridized carbons (Fsp3) is 0. The van der Waals surface area contributed by atoms with Crippen molar-refractivity contribution >= 4 is 55.1 Å². The van der Waals surface area contributed by atoms with Crippen LogP contribution in [0.5, 0.6) is 0 Å². The van der Waals surface area contributed by atoms with Crippen molar-refractivity contribution in [3.63, 3.8) is 0 Å². The molecular weight excluding hydrogens is 425 g/mol. The molecule has 0 unspecified atom stereocenters. The second-order valence-corrected chi connectivity index (χ2v) is 5.93. The summed E-state index contributed by atoms with van der Waals surface area (Å²) in [6, 6.07) is 5.70. The normalized spacial score (nSPS) is 10.6. The first kappa shape index (κ1) is 14.4. The van der Waals surface area contributed by atoms with E-state index in [4.69, 9.17) is 11.6 Å². The molecule has 2 heterocycles. The van der Waals surface area contributed by atoms with E-state index in [0.29, 0.717) is 5.95 Å². The summed E-state index contributed by atoms with van der Waals surface area (Å²) in [6.45, 7) is 0. The third-order valence-electron chi connectivity index (χ3n) is 2.39. The largest absolute Gasteiger partial charge is 0.323 e. The van der Waals surface area contributed by atoms with Gasteiger partial charge in [-0.2, -0.15) is 24.7 Å². The van der Waals surface area contributed by atoms with Crippen molar-refractivity contribution in [2.75, 3.05) is 5.32 Å². The molecule has 0 aliphatic carbocycles. The van der Waals surface area contributed by atoms with E-state index in [1.807, 2.05) is 18.2 Å². The third-order valence-corrected chi connectivity index (χ3v) is 3.75. The van der Waals surface area contributed by atoms with Crippen LogP contribution in [-0.4, -0.2) is 29.7 Å². The number of benzene rings is 1. The molecule has 0 saturated heterocycles. The topological polar surface area (TPSA) is 81.4 Å². The molecule has 0 aliphatic heterocycles. The van der Waals surface area contributed by atoms with E-state index in [9.17, 15) is 0 Å². The molecule has 21 heavy (non-hydrogen) atoms. The molecule has 1 aromatic carbocycles. The van der Waals surface area contributed by atoms with Gasteiger partial charge in [0.1, 0.15) is 12.7 Å². The van der Waals surface area contributed by atoms with Crippen LogP contribution in [0.4, 0.5) is 11.6 Å². The minimum Gasteiger partial charge on any atom is -0.323 e. The lowest BCUT2D eigenvalue weighted by Gasteiger charge is -2.08. The molecule has 7 nitrogen and oxygen atoms in total. The molecule has 0 fully saturated rings. The van der Waals surface area contributed by atoms with Crippen molar-refractivity contribution in [2.24, 2.45) is 0 Å². The lowest BCUT2D eigenvalue weighted by atomic mass is 10.3. The highest BCUT2D eigenvalue weighted by Crippen LogP contribution is 2.28. The maximum absolute atomic E-state index is 5.92. The molecule has 0 radical (unpaired) electrons. The first-order valence-electron chi connectivity index (χ1n) is 5.60. The molecule has 2 aromatic heterocycles. The Morgan fingerprint density at radius 2 is 2.00 bits per heavy atom. The van der Waals surface area contributed by atoms with E-state index < -0.39 is 0 Å². The van der Waals surface area contributed by atoms with Gasteiger partial charge in [0.2, 0.25) is 11.2 Å². The average Bonchev–Trinajstić information content (AvgIpc) is 2.96. The minimum atomic E-state index is 0.0594. The van der Waals surface area contributed by atoms with E-state index in [1.54, 1.807) is 0 Å². The Kier molecular flexibility index (Phi) is 4.13. The fourth-order valence-corrected chi connectivity index (χ4v) is 2.39. The monoisotopic (exact) mass is 429 g/mol. The first-order chi connectivity index (χ1) is 10.1. The Morgan fingerprint density at radius 3 is 2.76 bits per heavy atom. The standard InChI is InChI=1S/C11H6Br2ClN7/c12-6-1-2-7(13)8(3-6)17-10-18-9(14)19-11(20-10)21-5-15-4-16-21/h1-5H,(H,17,18,19,20). The Hall–Kier alpha value is -1.58. The lowest BCUT2D eigenvalue weighted by Crippen LogP contribution is -2.07. The number of hydrogen-bond acceptors (Lipinski definition) is 6. The highest BCUT2D eigenvalue weighted by Gasteiger charge is 2.09. The summed E-state index contributed by atoms with van der Waals surface area (Å²) >= 11 is 12.8. The van der Waals surface area contributed by atoms with Crippen molar-refractivity contribution in [1.29, 1.82) is 0 Å². The van der Waals surface area contributed by atoms with Crippen LogP contribution in [0.1, 0.15) is 0 Å². The molecule has 106 valence electrons. The SMILES string of the molecule is Clc1nc(Nc2cc(Br)ccc2Br)nc(-n2cncn2)n1. The second kappa shape index (κ2) is 6.04. The van der Waals surface area contributed by atoms with Gasteiger partial charge in [0.05, 0.1) is 5.69 Å². The third kappa shape index (κ3) is 3.36. The van der Waals surface area contributed by atoms with E-state index >= 15 is 0 Å². The number of nitrogens with zero attached hydrogens (tertiary/aromatic N) is 6. The highest BCUT2D eigenvalue weighted by molar-refractivity contribution is 9.11. The maximum Gasteiger partial charge on any atom is 0.258 e. The minimum absolute atomic E-state index is 0.0594. The van der Waals surface area contributed by atoms with E-state index in [0.717, 1.165) is 14.6 Å². The van der Waals surface area contributed by atoms with Crippen molar-refractivity contribution in [3.05, 3.63) is 45.1 Å². The zero-order chi connectivity index (χ0) is 14.8. The van der Waals surface area contributed by atoms with E-state index in [-0.39, 0.29) is 11.2 Å². The van der Waals surface area contributed by atoms with Gasteiger partial charge >= 0.3 is 0 Å². The van der Waals surface area contributed by atoms with Gasteiger partial charge in [0.15, 0.2) is 0 Å². The maximum atomic E-state index is 5.92. The summed E-state index contributed by atoms with van der Waals surface area (Å²) < 4.78 is 3.18. The van der Waals surface area contributed by atoms with Crippen molar-refractivity contribution in [1.82, 2.24) is 29.7 Å². The summed E-state index contributed by atoms with van der Waals surface area (Å²) in [4.78, 5) is 16.1. The first-order valence-corrected chi connectivity index (χ1v) is 7.57. The molecule has 3 aromatic rings. The van der Waals surface area contributed by atoms with Crippen LogP contribution in [0.3, 0.4) is 0 Å². The van der Waals surface area contributed by atoms with Gasteiger partial charge < -0.3 is 5.32 Å². The number of anilines is 2. The average molecular weight is 431 g/mol. The van der Waals surface area contributed by atoms with Crippen LogP contribution >= 0.6 is 43.5 Å². The summed E-state index contributed by atoms with van der Waals surface area (Å²) in [5.41, 5.74) is 0.788. The van der Waals surface area contributed by atoms with Gasteiger partial charge in [-0.3, -0.25) is 0 Å². The molecule has 0 spiro atoms. The zero-order valence-corrected chi connectivity index (χ0v) is 14.1. The number of halogens is 3. The van der Waals surface area contributed by atoms with Gasteiger partial charge in [-0.25, -0.2) is 4.98 Å². The lowest BCUT2D eigenvalue weighted by molar-refractivity contribution is 0.796. The molecule has 1 N–H and O–H groups in total. The molecular formula is C11H6Br2ClN7. The predicted octanol–water partition coefficient (Wildman–Crippen LogP) is 3.37. The van der Waals surface area contributed by atoms with Crippen LogP contribution in [0.2, 0.25) is 5.28 Å². The summed E-state index contributed by atoms with van der Waals surface area (Å²) in [5.74, 6) is 0.584. The molecule has 0 saturated carbocycles. The Labute approximate surface area is 141 Å². The number of hydrogen-bond donors (Lipinski definition) is 1. The van der Waals surface area contributed by atoms with E-state index in [1.165, 1.54) is 17.3 Å². The number of nitrogens with one attached hydrogen (secondary N) is 1. The molecule has 0 atom stereocenters. The fourth-order valence-electron chi connectivity index (χ4n) is 1.52. The van der Waals surface area contributed by atoms with Crippen LogP contribution in [0.25, 0.3) is 5.95 Å². The van der Waals surface area contributed by atoms with Gasteiger partial charge in [0, 0.05) is 8.95 Å². The van der Waals surface area contributed by atoms with Crippen molar-refractivity contribution in [2.45, 2.75) is 0 Å². The van der Waals surface area contributed by atoms with Gasteiger partial charge in [-0.15, -0.1) is 0 Å². The summed E-state index contributed by atoms with van der Waals surface area (Å²) in [7, 11) is 0. The van der Waals surface area contributed by atoms with Crippen LogP contribution < -0.4 is 5.32 Å². The van der Waals surface area contributed by atoms with Gasteiger partial charge in [0.25, 0.3) is 5.95 Å². The second-order valence-electron chi connectivity index (χ2n) is 3.82. The van der Waals surface area contributed by atoms with E-state index in [2.05, 4.69) is 62.2 Å². The number of rotatable bonds is 3. The molecule has 0 aliphatic rings. The van der Waals surface area contributed by atoms with Crippen LogP contribution in [0, 0.1) is 0 Å². The predicted molar refractivity (Wildman–Crippen MR) is 84.9 cm³/mol. The van der Waals surface area contributed by atoms with Crippen LogP contribution in [0.15, 0.2) is 39.8 Å². The number of aromatic nitrogens is 6. The quantitative estimate of drug-likeness (QED) is 0.685. The van der Waals surface area contributed by atoms with Crippen LogP contribution in [-0.2, 0) is 0 Å². The molecule has 3 rings (SSSR count). The summed E-state index contributed by atoms with van der Waals surface area (Å²) in [5, 5.41) is 7.09. The van der Waals surface area contributed by atoms with Gasteiger partial charge in [-0.1, -0.05) is 15.9 Å². The summed E-state index contributed by atoms with van der Waals surface area (Å²) in [6.07, 6.45) is 2.86. The van der Waals surface area contributed by atoms with Crippen molar-refractivity contribution in [3.8, 4) is 5.95 Å². The van der Waals surface area contributed by atoms with Gasteiger partial charge in [-0.05, 0) is 45.7 Å². The highest BCUT2D eigenvalue weighted by atomic mass is 79.9. The Morgan fingerprint density at radius 1 is 1.14 bits per heavy atom. The Bertz CT molecular complexity index is 778. The Balaban J connectivity index is 1.97.